The van der Waals surface area contributed by atoms with Crippen molar-refractivity contribution in [1.82, 2.24) is 25.0 Å². The number of thioether (sulfide) groups is 1. The smallest absolute Gasteiger partial charge is 0.236 e. The second-order valence-electron chi connectivity index (χ2n) is 6.61. The van der Waals surface area contributed by atoms with Gasteiger partial charge in [-0.25, -0.2) is 0 Å². The van der Waals surface area contributed by atoms with E-state index in [9.17, 15) is 4.79 Å². The van der Waals surface area contributed by atoms with Crippen molar-refractivity contribution in [1.29, 1.82) is 0 Å². The van der Waals surface area contributed by atoms with Crippen LogP contribution in [-0.2, 0) is 17.6 Å². The van der Waals surface area contributed by atoms with Crippen molar-refractivity contribution in [3.05, 3.63) is 21.3 Å². The summed E-state index contributed by atoms with van der Waals surface area (Å²) >= 11 is 4.53. The molecule has 0 saturated carbocycles. The Balaban J connectivity index is 1.54. The van der Waals surface area contributed by atoms with Crippen molar-refractivity contribution in [2.75, 3.05) is 11.1 Å². The SMILES string of the molecule is CC(C)n1c(SCC(=O)Nc2nncs2)nnc1-c1csc2c1CCCC2. The summed E-state index contributed by atoms with van der Waals surface area (Å²) in [5, 5.41) is 22.7. The highest BCUT2D eigenvalue weighted by atomic mass is 32.2. The molecule has 0 saturated heterocycles. The van der Waals surface area contributed by atoms with Crippen LogP contribution in [-0.4, -0.2) is 36.6 Å². The van der Waals surface area contributed by atoms with Crippen LogP contribution >= 0.6 is 34.4 Å². The van der Waals surface area contributed by atoms with E-state index in [2.05, 4.69) is 49.5 Å². The number of aryl methyl sites for hydroxylation is 1. The minimum Gasteiger partial charge on any atom is -0.300 e. The molecule has 0 radical (unpaired) electrons. The molecule has 27 heavy (non-hydrogen) atoms. The molecular formula is C17H20N6OS3. The number of hydrogen-bond donors (Lipinski definition) is 1. The molecule has 0 bridgehead atoms. The van der Waals surface area contributed by atoms with E-state index in [1.807, 2.05) is 11.3 Å². The molecule has 3 heterocycles. The van der Waals surface area contributed by atoms with Gasteiger partial charge in [-0.1, -0.05) is 23.1 Å². The quantitative estimate of drug-likeness (QED) is 0.606. The third-order valence-corrected chi connectivity index (χ3v) is 7.06. The Labute approximate surface area is 169 Å². The lowest BCUT2D eigenvalue weighted by Crippen LogP contribution is -2.15. The molecule has 4 rings (SSSR count). The number of nitrogens with zero attached hydrogens (tertiary/aromatic N) is 5. The number of carbonyl (C=O) groups is 1. The number of fused-ring (bicyclic) bond motifs is 1. The normalized spacial score (nSPS) is 13.7. The van der Waals surface area contributed by atoms with Crippen LogP contribution in [0.25, 0.3) is 11.4 Å². The molecule has 0 fully saturated rings. The monoisotopic (exact) mass is 420 g/mol. The predicted molar refractivity (Wildman–Crippen MR) is 110 cm³/mol. The van der Waals surface area contributed by atoms with Crippen LogP contribution in [0.4, 0.5) is 5.13 Å². The van der Waals surface area contributed by atoms with Crippen LogP contribution in [0, 0.1) is 0 Å². The average molecular weight is 421 g/mol. The number of rotatable bonds is 6. The van der Waals surface area contributed by atoms with Crippen molar-refractivity contribution in [2.45, 2.75) is 50.7 Å². The van der Waals surface area contributed by atoms with Gasteiger partial charge in [0.15, 0.2) is 11.0 Å². The number of amides is 1. The Kier molecular flexibility index (Phi) is 5.55. The topological polar surface area (TPSA) is 85.6 Å². The van der Waals surface area contributed by atoms with E-state index in [1.165, 1.54) is 58.4 Å². The standard InChI is InChI=1S/C17H20N6OS3/c1-10(2)23-15(12-7-25-13-6-4-3-5-11(12)13)20-22-17(23)26-8-14(24)19-16-21-18-9-27-16/h7,9-10H,3-6,8H2,1-2H3,(H,19,21,24). The minimum atomic E-state index is -0.121. The summed E-state index contributed by atoms with van der Waals surface area (Å²) in [6, 6.07) is 0.211. The van der Waals surface area contributed by atoms with E-state index in [0.717, 1.165) is 17.4 Å². The summed E-state index contributed by atoms with van der Waals surface area (Å²) in [6.07, 6.45) is 4.80. The van der Waals surface area contributed by atoms with Crippen molar-refractivity contribution in [2.24, 2.45) is 0 Å². The first-order chi connectivity index (χ1) is 13.1. The van der Waals surface area contributed by atoms with Gasteiger partial charge in [0.1, 0.15) is 5.51 Å². The van der Waals surface area contributed by atoms with Crippen LogP contribution in [0.3, 0.4) is 0 Å². The summed E-state index contributed by atoms with van der Waals surface area (Å²) in [7, 11) is 0. The summed E-state index contributed by atoms with van der Waals surface area (Å²) in [5.74, 6) is 1.05. The lowest BCUT2D eigenvalue weighted by atomic mass is 9.95. The molecule has 3 aromatic rings. The van der Waals surface area contributed by atoms with Gasteiger partial charge in [0.2, 0.25) is 11.0 Å². The van der Waals surface area contributed by atoms with E-state index in [1.54, 1.807) is 5.51 Å². The fourth-order valence-electron chi connectivity index (χ4n) is 3.22. The van der Waals surface area contributed by atoms with E-state index in [4.69, 9.17) is 0 Å². The lowest BCUT2D eigenvalue weighted by molar-refractivity contribution is -0.113. The molecule has 0 aliphatic heterocycles. The second kappa shape index (κ2) is 8.07. The maximum Gasteiger partial charge on any atom is 0.236 e. The molecule has 7 nitrogen and oxygen atoms in total. The van der Waals surface area contributed by atoms with Gasteiger partial charge in [-0.05, 0) is 45.1 Å². The van der Waals surface area contributed by atoms with Crippen molar-refractivity contribution < 1.29 is 4.79 Å². The first-order valence-corrected chi connectivity index (χ1v) is 11.6. The number of nitrogens with one attached hydrogen (secondary N) is 1. The number of carbonyl (C=O) groups excluding carboxylic acids is 1. The van der Waals surface area contributed by atoms with Gasteiger partial charge in [-0.3, -0.25) is 14.7 Å². The zero-order chi connectivity index (χ0) is 18.8. The first kappa shape index (κ1) is 18.6. The van der Waals surface area contributed by atoms with Gasteiger partial charge in [0, 0.05) is 21.9 Å². The largest absolute Gasteiger partial charge is 0.300 e. The van der Waals surface area contributed by atoms with Crippen LogP contribution in [0.15, 0.2) is 16.0 Å². The maximum atomic E-state index is 12.1. The number of anilines is 1. The molecule has 0 spiro atoms. The molecule has 10 heteroatoms. The van der Waals surface area contributed by atoms with E-state index < -0.39 is 0 Å². The number of aromatic nitrogens is 5. The van der Waals surface area contributed by atoms with Crippen LogP contribution in [0.1, 0.15) is 43.2 Å². The highest BCUT2D eigenvalue weighted by molar-refractivity contribution is 7.99. The first-order valence-electron chi connectivity index (χ1n) is 8.87. The second-order valence-corrected chi connectivity index (χ2v) is 9.35. The molecule has 1 amide bonds. The van der Waals surface area contributed by atoms with E-state index in [0.29, 0.717) is 5.13 Å². The molecule has 0 unspecified atom stereocenters. The van der Waals surface area contributed by atoms with Crippen LogP contribution in [0.2, 0.25) is 0 Å². The fourth-order valence-corrected chi connectivity index (χ4v) is 5.67. The Bertz CT molecular complexity index is 931. The molecule has 0 aromatic carbocycles. The average Bonchev–Trinajstić information content (AvgIpc) is 3.38. The van der Waals surface area contributed by atoms with E-state index >= 15 is 0 Å². The predicted octanol–water partition coefficient (Wildman–Crippen LogP) is 4.05. The minimum absolute atomic E-state index is 0.121. The highest BCUT2D eigenvalue weighted by Crippen LogP contribution is 2.37. The Morgan fingerprint density at radius 3 is 2.89 bits per heavy atom. The van der Waals surface area contributed by atoms with Gasteiger partial charge in [-0.2, -0.15) is 0 Å². The zero-order valence-corrected chi connectivity index (χ0v) is 17.6. The van der Waals surface area contributed by atoms with Crippen LogP contribution in [0.5, 0.6) is 0 Å². The summed E-state index contributed by atoms with van der Waals surface area (Å²) in [6.45, 7) is 4.24. The molecule has 1 aliphatic carbocycles. The Morgan fingerprint density at radius 1 is 1.26 bits per heavy atom. The maximum absolute atomic E-state index is 12.1. The van der Waals surface area contributed by atoms with Gasteiger partial charge in [0.25, 0.3) is 0 Å². The lowest BCUT2D eigenvalue weighted by Gasteiger charge is -2.16. The summed E-state index contributed by atoms with van der Waals surface area (Å²) in [5.41, 5.74) is 4.23. The zero-order valence-electron chi connectivity index (χ0n) is 15.1. The van der Waals surface area contributed by atoms with Gasteiger partial charge in [0.05, 0.1) is 5.75 Å². The Hall–Kier alpha value is -1.78. The molecule has 1 aliphatic rings. The van der Waals surface area contributed by atoms with Crippen molar-refractivity contribution in [3.63, 3.8) is 0 Å². The van der Waals surface area contributed by atoms with Crippen molar-refractivity contribution >= 4 is 45.5 Å². The highest BCUT2D eigenvalue weighted by Gasteiger charge is 2.23. The fraction of sp³-hybridized carbons (Fsp3) is 0.471. The molecule has 1 N–H and O–H groups in total. The molecule has 3 aromatic heterocycles. The Morgan fingerprint density at radius 2 is 2.11 bits per heavy atom. The van der Waals surface area contributed by atoms with Gasteiger partial charge >= 0.3 is 0 Å². The molecule has 142 valence electrons. The van der Waals surface area contributed by atoms with Gasteiger partial charge in [-0.15, -0.1) is 31.7 Å². The number of thiophene rings is 1. The summed E-state index contributed by atoms with van der Waals surface area (Å²) in [4.78, 5) is 13.6. The van der Waals surface area contributed by atoms with Crippen molar-refractivity contribution in [3.8, 4) is 11.4 Å². The molecule has 0 atom stereocenters. The number of hydrogen-bond acceptors (Lipinski definition) is 8. The van der Waals surface area contributed by atoms with Gasteiger partial charge < -0.3 is 0 Å². The summed E-state index contributed by atoms with van der Waals surface area (Å²) < 4.78 is 2.14. The van der Waals surface area contributed by atoms with E-state index in [-0.39, 0.29) is 17.7 Å². The van der Waals surface area contributed by atoms with Crippen LogP contribution < -0.4 is 5.32 Å². The third kappa shape index (κ3) is 3.92. The molecular weight excluding hydrogens is 400 g/mol. The third-order valence-electron chi connectivity index (χ3n) is 4.42.